The molecule has 1 aromatic carbocycles. The van der Waals surface area contributed by atoms with Gasteiger partial charge in [-0.25, -0.2) is 19.3 Å². The van der Waals surface area contributed by atoms with E-state index in [0.717, 1.165) is 6.20 Å². The molecule has 8 nitrogen and oxygen atoms in total. The monoisotopic (exact) mass is 462 g/mol. The zero-order valence-corrected chi connectivity index (χ0v) is 17.8. The van der Waals surface area contributed by atoms with Crippen molar-refractivity contribution in [3.8, 4) is 17.1 Å². The van der Waals surface area contributed by atoms with Crippen LogP contribution in [0.15, 0.2) is 34.5 Å². The molecule has 0 atom stereocenters. The first kappa shape index (κ1) is 22.5. The van der Waals surface area contributed by atoms with Gasteiger partial charge >= 0.3 is 6.18 Å². The van der Waals surface area contributed by atoms with Gasteiger partial charge in [0.25, 0.3) is 5.91 Å². The number of methoxy groups -OCH3 is 1. The highest BCUT2D eigenvalue weighted by Crippen LogP contribution is 2.38. The van der Waals surface area contributed by atoms with Crippen molar-refractivity contribution in [2.45, 2.75) is 32.5 Å². The Hall–Kier alpha value is -3.70. The van der Waals surface area contributed by atoms with E-state index in [9.17, 15) is 18.0 Å². The van der Waals surface area contributed by atoms with Crippen LogP contribution in [0.1, 0.15) is 37.0 Å². The van der Waals surface area contributed by atoms with Gasteiger partial charge in [-0.2, -0.15) is 18.2 Å². The summed E-state index contributed by atoms with van der Waals surface area (Å²) in [7, 11) is 1.29. The largest absolute Gasteiger partial charge is 0.496 e. The van der Waals surface area contributed by atoms with Gasteiger partial charge in [-0.1, -0.05) is 0 Å². The molecule has 0 radical (unpaired) electrons. The quantitative estimate of drug-likeness (QED) is 0.543. The molecule has 33 heavy (non-hydrogen) atoms. The van der Waals surface area contributed by atoms with Gasteiger partial charge < -0.3 is 9.30 Å². The molecule has 0 fully saturated rings. The summed E-state index contributed by atoms with van der Waals surface area (Å²) in [6.07, 6.45) is -2.34. The van der Waals surface area contributed by atoms with E-state index >= 15 is 4.39 Å². The molecule has 1 aliphatic heterocycles. The molecule has 172 valence electrons. The van der Waals surface area contributed by atoms with Crippen LogP contribution in [0.5, 0.6) is 5.75 Å². The second kappa shape index (κ2) is 8.34. The minimum Gasteiger partial charge on any atom is -0.496 e. The van der Waals surface area contributed by atoms with E-state index in [0.29, 0.717) is 10.9 Å². The summed E-state index contributed by atoms with van der Waals surface area (Å²) in [4.78, 5) is 31.3. The van der Waals surface area contributed by atoms with Gasteiger partial charge in [0.2, 0.25) is 0 Å². The second-order valence-corrected chi connectivity index (χ2v) is 7.60. The predicted octanol–water partition coefficient (Wildman–Crippen LogP) is 2.46. The number of aromatic nitrogens is 4. The molecular weight excluding hydrogens is 444 g/mol. The standard InChI is InChI=1S/C21H18F4N6O2/c1-10(2)31-9-15(21(23,24)25)28-20(31)18-12(22)4-11(5-14(18)33-3)6-16-27-7-13-19(29-16)30-17(32)8-26-13/h4-5,7,9-10H,6,8H2,1-3H3. The highest BCUT2D eigenvalue weighted by Gasteiger charge is 2.36. The maximum atomic E-state index is 15.2. The van der Waals surface area contributed by atoms with Crippen molar-refractivity contribution in [2.75, 3.05) is 13.7 Å². The van der Waals surface area contributed by atoms with E-state index in [1.807, 2.05) is 0 Å². The number of benzene rings is 1. The van der Waals surface area contributed by atoms with Gasteiger partial charge in [0.15, 0.2) is 11.2 Å². The van der Waals surface area contributed by atoms with Crippen LogP contribution >= 0.6 is 0 Å². The third kappa shape index (κ3) is 4.45. The number of alkyl halides is 3. The van der Waals surface area contributed by atoms with Crippen LogP contribution in [0, 0.1) is 5.82 Å². The third-order valence-electron chi connectivity index (χ3n) is 4.91. The molecule has 12 heteroatoms. The lowest BCUT2D eigenvalue weighted by molar-refractivity contribution is -0.140. The number of fused-ring (bicyclic) bond motifs is 1. The summed E-state index contributed by atoms with van der Waals surface area (Å²) in [6.45, 7) is 3.26. The molecule has 0 saturated heterocycles. The lowest BCUT2D eigenvalue weighted by Gasteiger charge is -2.15. The molecule has 1 amide bonds. The topological polar surface area (TPSA) is 94.6 Å². The average molecular weight is 462 g/mol. The molecule has 0 N–H and O–H groups in total. The van der Waals surface area contributed by atoms with E-state index < -0.39 is 29.6 Å². The van der Waals surface area contributed by atoms with E-state index in [1.54, 1.807) is 13.8 Å². The molecular formula is C21H18F4N6O2. The molecule has 2 aromatic heterocycles. The molecule has 0 aliphatic carbocycles. The number of hydrogen-bond acceptors (Lipinski definition) is 6. The fourth-order valence-corrected chi connectivity index (χ4v) is 3.39. The molecule has 0 unspecified atom stereocenters. The molecule has 1 aliphatic rings. The Kier molecular flexibility index (Phi) is 5.68. The Morgan fingerprint density at radius 2 is 1.97 bits per heavy atom. The van der Waals surface area contributed by atoms with Crippen LogP contribution in [0.4, 0.5) is 17.6 Å². The lowest BCUT2D eigenvalue weighted by atomic mass is 10.1. The predicted molar refractivity (Wildman–Crippen MR) is 107 cm³/mol. The number of halogens is 4. The summed E-state index contributed by atoms with van der Waals surface area (Å²) >= 11 is 0. The maximum Gasteiger partial charge on any atom is 0.434 e. The first-order valence-corrected chi connectivity index (χ1v) is 9.87. The van der Waals surface area contributed by atoms with Gasteiger partial charge in [0.1, 0.15) is 35.1 Å². The van der Waals surface area contributed by atoms with Crippen LogP contribution in [-0.2, 0) is 17.4 Å². The third-order valence-corrected chi connectivity index (χ3v) is 4.91. The Balaban J connectivity index is 1.77. The lowest BCUT2D eigenvalue weighted by Crippen LogP contribution is -2.36. The summed E-state index contributed by atoms with van der Waals surface area (Å²) in [6, 6.07) is 2.24. The van der Waals surface area contributed by atoms with Crippen LogP contribution in [0.25, 0.3) is 11.4 Å². The Morgan fingerprint density at radius 3 is 2.64 bits per heavy atom. The Morgan fingerprint density at radius 1 is 1.21 bits per heavy atom. The van der Waals surface area contributed by atoms with Crippen LogP contribution < -0.4 is 15.6 Å². The number of nitrogens with zero attached hydrogens (tertiary/aromatic N) is 6. The number of amides is 1. The fourth-order valence-electron chi connectivity index (χ4n) is 3.39. The smallest absolute Gasteiger partial charge is 0.434 e. The van der Waals surface area contributed by atoms with Gasteiger partial charge in [0.05, 0.1) is 18.9 Å². The molecule has 0 saturated carbocycles. The van der Waals surface area contributed by atoms with Crippen molar-refractivity contribution < 1.29 is 27.1 Å². The number of imidazole rings is 1. The second-order valence-electron chi connectivity index (χ2n) is 7.60. The van der Waals surface area contributed by atoms with E-state index in [4.69, 9.17) is 4.74 Å². The number of rotatable bonds is 5. The van der Waals surface area contributed by atoms with Crippen molar-refractivity contribution in [1.29, 1.82) is 0 Å². The fraction of sp³-hybridized carbons (Fsp3) is 0.333. The van der Waals surface area contributed by atoms with E-state index in [2.05, 4.69) is 24.9 Å². The molecule has 0 spiro atoms. The summed E-state index contributed by atoms with van der Waals surface area (Å²) in [5.41, 5.74) is -0.760. The number of carbonyl (C=O) groups excluding carboxylic acids is 1. The first-order chi connectivity index (χ1) is 15.6. The number of hydrogen-bond donors (Lipinski definition) is 0. The van der Waals surface area contributed by atoms with Crippen molar-refractivity contribution in [2.24, 2.45) is 9.98 Å². The van der Waals surface area contributed by atoms with Gasteiger partial charge in [0, 0.05) is 18.7 Å². The van der Waals surface area contributed by atoms with Gasteiger partial charge in [-0.05, 0) is 31.5 Å². The van der Waals surface area contributed by atoms with Crippen molar-refractivity contribution in [3.05, 3.63) is 58.3 Å². The summed E-state index contributed by atoms with van der Waals surface area (Å²) in [5, 5.41) is 0.387. The van der Waals surface area contributed by atoms with Crippen LogP contribution in [-0.4, -0.2) is 39.1 Å². The average Bonchev–Trinajstić information content (AvgIpc) is 3.18. The first-order valence-electron chi connectivity index (χ1n) is 9.87. The zero-order chi connectivity index (χ0) is 23.9. The number of ether oxygens (including phenoxy) is 1. The SMILES string of the molecule is COc1cc(Cc2ncc3c(n2)=NC(=O)CN=3)cc(F)c1-c1nc(C(F)(F)F)cn1C(C)C. The van der Waals surface area contributed by atoms with Gasteiger partial charge in [-0.3, -0.25) is 9.79 Å². The molecule has 0 bridgehead atoms. The molecule has 4 rings (SSSR count). The minimum atomic E-state index is -4.68. The van der Waals surface area contributed by atoms with Crippen LogP contribution in [0.2, 0.25) is 0 Å². The highest BCUT2D eigenvalue weighted by atomic mass is 19.4. The Bertz CT molecular complexity index is 1360. The molecule has 3 aromatic rings. The van der Waals surface area contributed by atoms with Gasteiger partial charge in [-0.15, -0.1) is 0 Å². The van der Waals surface area contributed by atoms with Crippen molar-refractivity contribution >= 4 is 5.91 Å². The van der Waals surface area contributed by atoms with Crippen LogP contribution in [0.3, 0.4) is 0 Å². The van der Waals surface area contributed by atoms with Crippen molar-refractivity contribution in [3.63, 3.8) is 0 Å². The Labute approximate surface area is 184 Å². The minimum absolute atomic E-state index is 0.0130. The summed E-state index contributed by atoms with van der Waals surface area (Å²) < 4.78 is 61.5. The van der Waals surface area contributed by atoms with E-state index in [-0.39, 0.29) is 41.4 Å². The number of carbonyl (C=O) groups is 1. The zero-order valence-electron chi connectivity index (χ0n) is 17.8. The van der Waals surface area contributed by atoms with E-state index in [1.165, 1.54) is 30.0 Å². The van der Waals surface area contributed by atoms with Crippen molar-refractivity contribution in [1.82, 2.24) is 19.5 Å². The highest BCUT2D eigenvalue weighted by molar-refractivity contribution is 5.79. The molecule has 3 heterocycles. The normalized spacial score (nSPS) is 13.5. The summed E-state index contributed by atoms with van der Waals surface area (Å²) in [5.74, 6) is -1.15. The maximum absolute atomic E-state index is 15.2.